The molecular weight excluding hydrogens is 272 g/mol. The molecule has 4 nitrogen and oxygen atoms in total. The molecule has 20 heavy (non-hydrogen) atoms. The number of ether oxygens (including phenoxy) is 1. The topological polar surface area (TPSA) is 51.2 Å². The molecular formula is C15H16N2O2S. The van der Waals surface area contributed by atoms with Crippen molar-refractivity contribution < 1.29 is 9.53 Å². The third-order valence-electron chi connectivity index (χ3n) is 3.17. The van der Waals surface area contributed by atoms with Crippen LogP contribution in [0.4, 0.5) is 5.13 Å². The highest BCUT2D eigenvalue weighted by Gasteiger charge is 2.26. The first-order valence-corrected chi connectivity index (χ1v) is 7.64. The van der Waals surface area contributed by atoms with E-state index in [0.29, 0.717) is 23.2 Å². The number of aromatic nitrogens is 1. The van der Waals surface area contributed by atoms with Crippen molar-refractivity contribution in [3.63, 3.8) is 0 Å². The highest BCUT2D eigenvalue weighted by atomic mass is 32.1. The molecule has 1 amide bonds. The van der Waals surface area contributed by atoms with E-state index < -0.39 is 0 Å². The number of hydrogen-bond acceptors (Lipinski definition) is 4. The van der Waals surface area contributed by atoms with Crippen LogP contribution in [0.2, 0.25) is 0 Å². The van der Waals surface area contributed by atoms with Crippen molar-refractivity contribution in [1.82, 2.24) is 4.98 Å². The molecule has 3 rings (SSSR count). The molecule has 1 fully saturated rings. The first-order chi connectivity index (χ1) is 9.76. The summed E-state index contributed by atoms with van der Waals surface area (Å²) in [4.78, 5) is 16.5. The molecule has 0 saturated heterocycles. The molecule has 1 aliphatic carbocycles. The lowest BCUT2D eigenvalue weighted by Gasteiger charge is -2.04. The zero-order valence-electron chi connectivity index (χ0n) is 11.3. The van der Waals surface area contributed by atoms with Gasteiger partial charge in [-0.15, -0.1) is 11.3 Å². The zero-order chi connectivity index (χ0) is 13.9. The first kappa shape index (κ1) is 13.1. The van der Waals surface area contributed by atoms with Crippen molar-refractivity contribution >= 4 is 22.4 Å². The molecule has 0 unspecified atom stereocenters. The highest BCUT2D eigenvalue weighted by Crippen LogP contribution is 2.40. The lowest BCUT2D eigenvalue weighted by atomic mass is 10.2. The minimum absolute atomic E-state index is 0.134. The maximum atomic E-state index is 12.1. The van der Waals surface area contributed by atoms with Gasteiger partial charge in [-0.25, -0.2) is 4.98 Å². The van der Waals surface area contributed by atoms with Crippen LogP contribution in [-0.4, -0.2) is 17.5 Å². The maximum absolute atomic E-state index is 12.1. The number of rotatable bonds is 5. The van der Waals surface area contributed by atoms with Gasteiger partial charge in [0.1, 0.15) is 5.75 Å². The van der Waals surface area contributed by atoms with Gasteiger partial charge in [0.15, 0.2) is 5.13 Å². The molecule has 2 aromatic rings. The Kier molecular flexibility index (Phi) is 3.69. The number of carbonyl (C=O) groups is 1. The van der Waals surface area contributed by atoms with E-state index >= 15 is 0 Å². The fourth-order valence-corrected chi connectivity index (χ4v) is 2.74. The molecule has 0 bridgehead atoms. The van der Waals surface area contributed by atoms with Gasteiger partial charge in [-0.2, -0.15) is 0 Å². The van der Waals surface area contributed by atoms with Crippen LogP contribution < -0.4 is 10.1 Å². The minimum atomic E-state index is -0.134. The number of anilines is 1. The van der Waals surface area contributed by atoms with Crippen molar-refractivity contribution in [2.24, 2.45) is 0 Å². The van der Waals surface area contributed by atoms with Crippen LogP contribution in [0.15, 0.2) is 29.6 Å². The highest BCUT2D eigenvalue weighted by molar-refractivity contribution is 7.14. The fraction of sp³-hybridized carbons (Fsp3) is 0.333. The van der Waals surface area contributed by atoms with E-state index in [1.165, 1.54) is 24.2 Å². The Hall–Kier alpha value is -1.88. The molecule has 1 aliphatic rings. The molecule has 1 aromatic heterocycles. The van der Waals surface area contributed by atoms with E-state index in [4.69, 9.17) is 4.74 Å². The van der Waals surface area contributed by atoms with Gasteiger partial charge in [0.05, 0.1) is 12.3 Å². The number of hydrogen-bond donors (Lipinski definition) is 1. The molecule has 0 aliphatic heterocycles. The predicted molar refractivity (Wildman–Crippen MR) is 79.7 cm³/mol. The van der Waals surface area contributed by atoms with E-state index in [0.717, 1.165) is 11.4 Å². The summed E-state index contributed by atoms with van der Waals surface area (Å²) >= 11 is 1.48. The Bertz CT molecular complexity index is 603. The van der Waals surface area contributed by atoms with Gasteiger partial charge in [-0.3, -0.25) is 10.1 Å². The molecule has 0 atom stereocenters. The van der Waals surface area contributed by atoms with Crippen LogP contribution >= 0.6 is 11.3 Å². The lowest BCUT2D eigenvalue weighted by molar-refractivity contribution is 0.102. The van der Waals surface area contributed by atoms with Crippen LogP contribution in [0.25, 0.3) is 0 Å². The third kappa shape index (κ3) is 2.99. The Labute approximate surface area is 121 Å². The van der Waals surface area contributed by atoms with Crippen molar-refractivity contribution in [3.05, 3.63) is 40.9 Å². The van der Waals surface area contributed by atoms with Gasteiger partial charge in [-0.1, -0.05) is 0 Å². The number of nitrogens with zero attached hydrogens (tertiary/aromatic N) is 1. The number of carbonyl (C=O) groups excluding carboxylic acids is 1. The standard InChI is InChI=1S/C15H16N2O2S/c1-2-19-12-7-5-11(6-8-12)14(18)17-15-16-13(9-20-15)10-3-4-10/h5-10H,2-4H2,1H3,(H,16,17,18). The Morgan fingerprint density at radius 1 is 1.40 bits per heavy atom. The Morgan fingerprint density at radius 2 is 2.15 bits per heavy atom. The average molecular weight is 288 g/mol. The summed E-state index contributed by atoms with van der Waals surface area (Å²) in [5.41, 5.74) is 1.72. The van der Waals surface area contributed by atoms with E-state index in [1.807, 2.05) is 12.3 Å². The molecule has 1 saturated carbocycles. The zero-order valence-corrected chi connectivity index (χ0v) is 12.1. The van der Waals surface area contributed by atoms with Crippen LogP contribution in [0.3, 0.4) is 0 Å². The number of thiazole rings is 1. The van der Waals surface area contributed by atoms with Crippen molar-refractivity contribution in [3.8, 4) is 5.75 Å². The minimum Gasteiger partial charge on any atom is -0.494 e. The van der Waals surface area contributed by atoms with Crippen LogP contribution in [0.5, 0.6) is 5.75 Å². The molecule has 1 aromatic carbocycles. The fourth-order valence-electron chi connectivity index (χ4n) is 1.95. The smallest absolute Gasteiger partial charge is 0.257 e. The van der Waals surface area contributed by atoms with Crippen LogP contribution in [0, 0.1) is 0 Å². The largest absolute Gasteiger partial charge is 0.494 e. The first-order valence-electron chi connectivity index (χ1n) is 6.76. The van der Waals surface area contributed by atoms with E-state index in [2.05, 4.69) is 10.3 Å². The van der Waals surface area contributed by atoms with Gasteiger partial charge >= 0.3 is 0 Å². The van der Waals surface area contributed by atoms with Gasteiger partial charge in [-0.05, 0) is 44.0 Å². The lowest BCUT2D eigenvalue weighted by Crippen LogP contribution is -2.11. The summed E-state index contributed by atoms with van der Waals surface area (Å²) in [6.45, 7) is 2.55. The second-order valence-electron chi connectivity index (χ2n) is 4.76. The van der Waals surface area contributed by atoms with E-state index in [-0.39, 0.29) is 5.91 Å². The average Bonchev–Trinajstić information content (AvgIpc) is 3.21. The molecule has 104 valence electrons. The number of benzene rings is 1. The molecule has 5 heteroatoms. The van der Waals surface area contributed by atoms with Crippen molar-refractivity contribution in [2.45, 2.75) is 25.7 Å². The summed E-state index contributed by atoms with van der Waals surface area (Å²) in [5, 5.41) is 5.55. The van der Waals surface area contributed by atoms with Gasteiger partial charge < -0.3 is 4.74 Å². The second-order valence-corrected chi connectivity index (χ2v) is 5.62. The molecule has 0 spiro atoms. The summed E-state index contributed by atoms with van der Waals surface area (Å²) in [7, 11) is 0. The van der Waals surface area contributed by atoms with Gasteiger partial charge in [0, 0.05) is 16.9 Å². The Morgan fingerprint density at radius 3 is 2.80 bits per heavy atom. The quantitative estimate of drug-likeness (QED) is 0.913. The van der Waals surface area contributed by atoms with Crippen molar-refractivity contribution in [2.75, 3.05) is 11.9 Å². The van der Waals surface area contributed by atoms with Gasteiger partial charge in [0.2, 0.25) is 0 Å². The maximum Gasteiger partial charge on any atom is 0.257 e. The predicted octanol–water partition coefficient (Wildman–Crippen LogP) is 3.67. The number of nitrogens with one attached hydrogen (secondary N) is 1. The molecule has 1 N–H and O–H groups in total. The van der Waals surface area contributed by atoms with Crippen LogP contribution in [0.1, 0.15) is 41.7 Å². The van der Waals surface area contributed by atoms with E-state index in [9.17, 15) is 4.79 Å². The molecule has 0 radical (unpaired) electrons. The third-order valence-corrected chi connectivity index (χ3v) is 3.94. The summed E-state index contributed by atoms with van der Waals surface area (Å²) in [6, 6.07) is 7.12. The Balaban J connectivity index is 1.65. The molecule has 1 heterocycles. The SMILES string of the molecule is CCOc1ccc(C(=O)Nc2nc(C3CC3)cs2)cc1. The van der Waals surface area contributed by atoms with Crippen LogP contribution in [-0.2, 0) is 0 Å². The summed E-state index contributed by atoms with van der Waals surface area (Å²) in [5.74, 6) is 1.25. The summed E-state index contributed by atoms with van der Waals surface area (Å²) < 4.78 is 5.35. The second kappa shape index (κ2) is 5.63. The summed E-state index contributed by atoms with van der Waals surface area (Å²) in [6.07, 6.45) is 2.44. The van der Waals surface area contributed by atoms with Gasteiger partial charge in [0.25, 0.3) is 5.91 Å². The number of amides is 1. The van der Waals surface area contributed by atoms with Crippen molar-refractivity contribution in [1.29, 1.82) is 0 Å². The normalized spacial score (nSPS) is 14.1. The monoisotopic (exact) mass is 288 g/mol. The van der Waals surface area contributed by atoms with E-state index in [1.54, 1.807) is 24.3 Å².